The predicted molar refractivity (Wildman–Crippen MR) is 50.7 cm³/mol. The summed E-state index contributed by atoms with van der Waals surface area (Å²) in [6.07, 6.45) is -5.84. The van der Waals surface area contributed by atoms with Crippen LogP contribution in [0, 0.1) is 5.41 Å². The number of carboxylic acids is 1. The standard InChI is InChI=1S/C8H12F3NO2S/c9-8(10,11)4-7(6(13)14)1-2-15-3-5(7)12/h5H,1-4,12H2,(H,13,14). The van der Waals surface area contributed by atoms with Gasteiger partial charge in [-0.25, -0.2) is 0 Å². The van der Waals surface area contributed by atoms with E-state index >= 15 is 0 Å². The lowest BCUT2D eigenvalue weighted by atomic mass is 9.75. The molecule has 1 heterocycles. The Morgan fingerprint density at radius 2 is 2.20 bits per heavy atom. The van der Waals surface area contributed by atoms with Crippen LogP contribution in [0.25, 0.3) is 0 Å². The van der Waals surface area contributed by atoms with Crippen molar-refractivity contribution < 1.29 is 23.1 Å². The zero-order chi connectivity index (χ0) is 11.7. The molecule has 88 valence electrons. The fourth-order valence-corrected chi connectivity index (χ4v) is 2.98. The topological polar surface area (TPSA) is 63.3 Å². The molecule has 2 atom stereocenters. The fourth-order valence-electron chi connectivity index (χ4n) is 1.73. The first-order valence-corrected chi connectivity index (χ1v) is 5.57. The van der Waals surface area contributed by atoms with Crippen LogP contribution in [0.2, 0.25) is 0 Å². The van der Waals surface area contributed by atoms with Crippen LogP contribution in [-0.2, 0) is 4.79 Å². The second kappa shape index (κ2) is 4.21. The maximum absolute atomic E-state index is 12.3. The van der Waals surface area contributed by atoms with E-state index in [4.69, 9.17) is 10.8 Å². The molecule has 0 saturated carbocycles. The zero-order valence-corrected chi connectivity index (χ0v) is 8.70. The van der Waals surface area contributed by atoms with Gasteiger partial charge in [-0.15, -0.1) is 0 Å². The van der Waals surface area contributed by atoms with Gasteiger partial charge in [0.1, 0.15) is 0 Å². The Kier molecular flexibility index (Phi) is 3.55. The second-order valence-electron chi connectivity index (χ2n) is 3.68. The summed E-state index contributed by atoms with van der Waals surface area (Å²) >= 11 is 1.39. The van der Waals surface area contributed by atoms with E-state index in [1.165, 1.54) is 11.8 Å². The smallest absolute Gasteiger partial charge is 0.390 e. The number of rotatable bonds is 2. The van der Waals surface area contributed by atoms with Crippen molar-refractivity contribution in [1.29, 1.82) is 0 Å². The van der Waals surface area contributed by atoms with Crippen LogP contribution >= 0.6 is 11.8 Å². The van der Waals surface area contributed by atoms with Crippen LogP contribution < -0.4 is 5.73 Å². The Morgan fingerprint density at radius 1 is 1.60 bits per heavy atom. The highest BCUT2D eigenvalue weighted by atomic mass is 32.2. The SMILES string of the molecule is NC1CSCCC1(CC(F)(F)F)C(=O)O. The molecule has 0 radical (unpaired) electrons. The summed E-state index contributed by atoms with van der Waals surface area (Å²) in [6.45, 7) is 0. The van der Waals surface area contributed by atoms with Crippen LogP contribution in [0.1, 0.15) is 12.8 Å². The van der Waals surface area contributed by atoms with E-state index in [0.29, 0.717) is 5.75 Å². The molecule has 0 amide bonds. The third-order valence-electron chi connectivity index (χ3n) is 2.64. The molecule has 3 nitrogen and oxygen atoms in total. The maximum Gasteiger partial charge on any atom is 0.390 e. The minimum Gasteiger partial charge on any atom is -0.481 e. The van der Waals surface area contributed by atoms with Crippen molar-refractivity contribution in [2.24, 2.45) is 11.1 Å². The average molecular weight is 243 g/mol. The minimum atomic E-state index is -4.49. The molecule has 2 unspecified atom stereocenters. The first-order chi connectivity index (χ1) is 6.78. The van der Waals surface area contributed by atoms with E-state index in [1.807, 2.05) is 0 Å². The van der Waals surface area contributed by atoms with Gasteiger partial charge in [-0.2, -0.15) is 24.9 Å². The van der Waals surface area contributed by atoms with E-state index < -0.39 is 30.0 Å². The van der Waals surface area contributed by atoms with Crippen molar-refractivity contribution in [3.05, 3.63) is 0 Å². The van der Waals surface area contributed by atoms with E-state index in [2.05, 4.69) is 0 Å². The molecule has 1 aliphatic heterocycles. The number of carboxylic acid groups (broad SMARTS) is 1. The van der Waals surface area contributed by atoms with E-state index in [0.717, 1.165) is 0 Å². The molecule has 15 heavy (non-hydrogen) atoms. The third kappa shape index (κ3) is 2.78. The van der Waals surface area contributed by atoms with Crippen molar-refractivity contribution >= 4 is 17.7 Å². The highest BCUT2D eigenvalue weighted by Crippen LogP contribution is 2.43. The van der Waals surface area contributed by atoms with Gasteiger partial charge in [-0.1, -0.05) is 0 Å². The molecule has 1 aliphatic rings. The minimum absolute atomic E-state index is 0.0202. The first kappa shape index (κ1) is 12.6. The monoisotopic (exact) mass is 243 g/mol. The maximum atomic E-state index is 12.3. The first-order valence-electron chi connectivity index (χ1n) is 4.41. The normalized spacial score (nSPS) is 32.7. The van der Waals surface area contributed by atoms with Crippen LogP contribution in [-0.4, -0.2) is 34.8 Å². The van der Waals surface area contributed by atoms with Crippen LogP contribution in [0.3, 0.4) is 0 Å². The summed E-state index contributed by atoms with van der Waals surface area (Å²) in [5, 5.41) is 8.93. The largest absolute Gasteiger partial charge is 0.481 e. The van der Waals surface area contributed by atoms with Gasteiger partial charge in [0.25, 0.3) is 0 Å². The highest BCUT2D eigenvalue weighted by molar-refractivity contribution is 7.99. The summed E-state index contributed by atoms with van der Waals surface area (Å²) in [5.41, 5.74) is 3.69. The Balaban J connectivity index is 2.91. The Morgan fingerprint density at radius 3 is 2.60 bits per heavy atom. The molecule has 0 aromatic carbocycles. The highest BCUT2D eigenvalue weighted by Gasteiger charge is 2.52. The lowest BCUT2D eigenvalue weighted by molar-refractivity contribution is -0.181. The number of thioether (sulfide) groups is 1. The van der Waals surface area contributed by atoms with Crippen LogP contribution in [0.15, 0.2) is 0 Å². The number of hydrogen-bond acceptors (Lipinski definition) is 3. The Labute approximate surface area is 89.2 Å². The molecule has 7 heteroatoms. The van der Waals surface area contributed by atoms with Gasteiger partial charge in [-0.3, -0.25) is 4.79 Å². The lowest BCUT2D eigenvalue weighted by Gasteiger charge is -2.38. The van der Waals surface area contributed by atoms with Crippen molar-refractivity contribution in [3.8, 4) is 0 Å². The molecule has 0 aromatic rings. The number of aliphatic carboxylic acids is 1. The van der Waals surface area contributed by atoms with Crippen molar-refractivity contribution in [2.45, 2.75) is 25.1 Å². The number of halogens is 3. The van der Waals surface area contributed by atoms with E-state index in [9.17, 15) is 18.0 Å². The van der Waals surface area contributed by atoms with Crippen molar-refractivity contribution in [3.63, 3.8) is 0 Å². The number of hydrogen-bond donors (Lipinski definition) is 2. The molecular formula is C8H12F3NO2S. The van der Waals surface area contributed by atoms with Gasteiger partial charge >= 0.3 is 12.1 Å². The molecule has 0 spiro atoms. The molecule has 0 aromatic heterocycles. The van der Waals surface area contributed by atoms with Crippen molar-refractivity contribution in [2.75, 3.05) is 11.5 Å². The number of alkyl halides is 3. The molecule has 1 fully saturated rings. The molecule has 0 bridgehead atoms. The Bertz CT molecular complexity index is 259. The van der Waals surface area contributed by atoms with Crippen LogP contribution in [0.4, 0.5) is 13.2 Å². The predicted octanol–water partition coefficient (Wildman–Crippen LogP) is 1.47. The van der Waals surface area contributed by atoms with Crippen molar-refractivity contribution in [1.82, 2.24) is 0 Å². The van der Waals surface area contributed by atoms with Crippen LogP contribution in [0.5, 0.6) is 0 Å². The number of carbonyl (C=O) groups is 1. The quantitative estimate of drug-likeness (QED) is 0.771. The summed E-state index contributed by atoms with van der Waals surface area (Å²) < 4.78 is 36.9. The lowest BCUT2D eigenvalue weighted by Crippen LogP contribution is -2.53. The molecule has 1 saturated heterocycles. The Hall–Kier alpha value is -0.430. The summed E-state index contributed by atoms with van der Waals surface area (Å²) in [6, 6.07) is -0.935. The zero-order valence-electron chi connectivity index (χ0n) is 7.88. The fraction of sp³-hybridized carbons (Fsp3) is 0.875. The summed E-state index contributed by atoms with van der Waals surface area (Å²) in [4.78, 5) is 11.0. The van der Waals surface area contributed by atoms with Gasteiger partial charge in [0, 0.05) is 11.8 Å². The second-order valence-corrected chi connectivity index (χ2v) is 4.83. The summed E-state index contributed by atoms with van der Waals surface area (Å²) in [5.74, 6) is -0.758. The van der Waals surface area contributed by atoms with Gasteiger partial charge in [0.15, 0.2) is 0 Å². The van der Waals surface area contributed by atoms with E-state index in [-0.39, 0.29) is 12.2 Å². The molecule has 0 aliphatic carbocycles. The van der Waals surface area contributed by atoms with Gasteiger partial charge in [0.05, 0.1) is 11.8 Å². The molecule has 1 rings (SSSR count). The average Bonchev–Trinajstić information content (AvgIpc) is 2.06. The summed E-state index contributed by atoms with van der Waals surface area (Å²) in [7, 11) is 0. The van der Waals surface area contributed by atoms with Gasteiger partial charge in [0.2, 0.25) is 0 Å². The number of nitrogens with two attached hydrogens (primary N) is 1. The molecular weight excluding hydrogens is 231 g/mol. The van der Waals surface area contributed by atoms with Gasteiger partial charge < -0.3 is 10.8 Å². The third-order valence-corrected chi connectivity index (χ3v) is 3.73. The van der Waals surface area contributed by atoms with Gasteiger partial charge in [-0.05, 0) is 12.2 Å². The molecule has 3 N–H and O–H groups in total. The van der Waals surface area contributed by atoms with E-state index in [1.54, 1.807) is 0 Å².